The highest BCUT2D eigenvalue weighted by Gasteiger charge is 2.21. The van der Waals surface area contributed by atoms with Gasteiger partial charge in [0.2, 0.25) is 0 Å². The van der Waals surface area contributed by atoms with E-state index in [1.165, 1.54) is 12.1 Å². The SMILES string of the molecule is CCOC(=O)c1nn(-c2ccc(Cl)cc2)c(=O)c(C#N)c1N. The van der Waals surface area contributed by atoms with Crippen molar-refractivity contribution in [2.24, 2.45) is 0 Å². The Morgan fingerprint density at radius 1 is 1.45 bits per heavy atom. The number of nitrogens with two attached hydrogens (primary N) is 1. The summed E-state index contributed by atoms with van der Waals surface area (Å²) < 4.78 is 5.74. The summed E-state index contributed by atoms with van der Waals surface area (Å²) in [5, 5.41) is 13.5. The van der Waals surface area contributed by atoms with Gasteiger partial charge in [0.25, 0.3) is 5.56 Å². The lowest BCUT2D eigenvalue weighted by atomic mass is 10.2. The van der Waals surface area contributed by atoms with E-state index in [1.807, 2.05) is 0 Å². The van der Waals surface area contributed by atoms with E-state index in [2.05, 4.69) is 5.10 Å². The largest absolute Gasteiger partial charge is 0.461 e. The summed E-state index contributed by atoms with van der Waals surface area (Å²) in [5.41, 5.74) is 4.35. The van der Waals surface area contributed by atoms with Crippen LogP contribution in [0.3, 0.4) is 0 Å². The van der Waals surface area contributed by atoms with Crippen molar-refractivity contribution in [2.45, 2.75) is 6.92 Å². The number of esters is 1. The van der Waals surface area contributed by atoms with Gasteiger partial charge in [-0.25, -0.2) is 4.79 Å². The predicted molar refractivity (Wildman–Crippen MR) is 79.9 cm³/mol. The smallest absolute Gasteiger partial charge is 0.361 e. The Morgan fingerprint density at radius 3 is 2.64 bits per heavy atom. The van der Waals surface area contributed by atoms with E-state index in [0.29, 0.717) is 10.7 Å². The zero-order chi connectivity index (χ0) is 16.3. The van der Waals surface area contributed by atoms with Gasteiger partial charge in [-0.3, -0.25) is 4.79 Å². The van der Waals surface area contributed by atoms with Crippen LogP contribution in [-0.2, 0) is 4.74 Å². The van der Waals surface area contributed by atoms with Crippen molar-refractivity contribution in [3.05, 3.63) is 50.9 Å². The van der Waals surface area contributed by atoms with Crippen LogP contribution in [0.4, 0.5) is 5.69 Å². The van der Waals surface area contributed by atoms with Gasteiger partial charge in [-0.15, -0.1) is 0 Å². The number of hydrogen-bond donors (Lipinski definition) is 1. The second-order valence-corrected chi connectivity index (χ2v) is 4.60. The number of halogens is 1. The molecule has 0 aliphatic rings. The number of benzene rings is 1. The molecule has 0 unspecified atom stereocenters. The Bertz CT molecular complexity index is 822. The summed E-state index contributed by atoms with van der Waals surface area (Å²) in [5.74, 6) is -0.806. The molecule has 0 aliphatic heterocycles. The number of rotatable bonds is 3. The summed E-state index contributed by atoms with van der Waals surface area (Å²) in [6.45, 7) is 1.73. The Kier molecular flexibility index (Phi) is 4.44. The molecule has 7 nitrogen and oxygen atoms in total. The monoisotopic (exact) mass is 318 g/mol. The van der Waals surface area contributed by atoms with E-state index in [1.54, 1.807) is 25.1 Å². The Balaban J connectivity index is 2.72. The van der Waals surface area contributed by atoms with Crippen LogP contribution in [-0.4, -0.2) is 22.4 Å². The second-order valence-electron chi connectivity index (χ2n) is 4.16. The molecule has 0 saturated heterocycles. The van der Waals surface area contributed by atoms with Gasteiger partial charge >= 0.3 is 5.97 Å². The first-order valence-corrected chi connectivity index (χ1v) is 6.63. The van der Waals surface area contributed by atoms with Gasteiger partial charge in [-0.1, -0.05) is 11.6 Å². The van der Waals surface area contributed by atoms with Crippen molar-refractivity contribution in [3.8, 4) is 11.8 Å². The maximum Gasteiger partial charge on any atom is 0.361 e. The third-order valence-corrected chi connectivity index (χ3v) is 3.03. The van der Waals surface area contributed by atoms with E-state index < -0.39 is 11.5 Å². The average molecular weight is 319 g/mol. The number of anilines is 1. The Hall–Kier alpha value is -2.85. The molecule has 2 aromatic rings. The van der Waals surface area contributed by atoms with Crippen LogP contribution < -0.4 is 11.3 Å². The molecule has 0 aliphatic carbocycles. The summed E-state index contributed by atoms with van der Waals surface area (Å²) in [7, 11) is 0. The van der Waals surface area contributed by atoms with Gasteiger partial charge in [0, 0.05) is 5.02 Å². The molecule has 0 atom stereocenters. The fourth-order valence-corrected chi connectivity index (χ4v) is 1.88. The number of ether oxygens (including phenoxy) is 1. The highest BCUT2D eigenvalue weighted by Crippen LogP contribution is 2.16. The molecule has 2 rings (SSSR count). The van der Waals surface area contributed by atoms with Crippen LogP contribution >= 0.6 is 11.6 Å². The minimum absolute atomic E-state index is 0.113. The molecule has 2 N–H and O–H groups in total. The maximum atomic E-state index is 12.3. The molecule has 22 heavy (non-hydrogen) atoms. The topological polar surface area (TPSA) is 111 Å². The molecule has 0 saturated carbocycles. The third kappa shape index (κ3) is 2.77. The quantitative estimate of drug-likeness (QED) is 0.859. The molecule has 0 radical (unpaired) electrons. The van der Waals surface area contributed by atoms with Crippen molar-refractivity contribution in [3.63, 3.8) is 0 Å². The average Bonchev–Trinajstić information content (AvgIpc) is 2.49. The highest BCUT2D eigenvalue weighted by atomic mass is 35.5. The minimum Gasteiger partial charge on any atom is -0.461 e. The zero-order valence-corrected chi connectivity index (χ0v) is 12.3. The van der Waals surface area contributed by atoms with Gasteiger partial charge in [-0.05, 0) is 31.2 Å². The first-order valence-electron chi connectivity index (χ1n) is 6.25. The van der Waals surface area contributed by atoms with Crippen molar-refractivity contribution in [2.75, 3.05) is 12.3 Å². The van der Waals surface area contributed by atoms with Gasteiger partial charge in [0.1, 0.15) is 11.6 Å². The van der Waals surface area contributed by atoms with Crippen LogP contribution in [0.25, 0.3) is 5.69 Å². The normalized spacial score (nSPS) is 10.0. The summed E-state index contributed by atoms with van der Waals surface area (Å²) in [6, 6.07) is 7.86. The molecule has 112 valence electrons. The summed E-state index contributed by atoms with van der Waals surface area (Å²) >= 11 is 5.79. The van der Waals surface area contributed by atoms with Gasteiger partial charge in [0.05, 0.1) is 18.0 Å². The Morgan fingerprint density at radius 2 is 2.09 bits per heavy atom. The molecule has 1 heterocycles. The molecule has 0 amide bonds. The number of nitrogen functional groups attached to an aromatic ring is 1. The summed E-state index contributed by atoms with van der Waals surface area (Å²) in [6.07, 6.45) is 0. The highest BCUT2D eigenvalue weighted by molar-refractivity contribution is 6.30. The van der Waals surface area contributed by atoms with Gasteiger partial charge < -0.3 is 10.5 Å². The molecule has 1 aromatic heterocycles. The number of carbonyl (C=O) groups excluding carboxylic acids is 1. The first-order chi connectivity index (χ1) is 10.5. The third-order valence-electron chi connectivity index (χ3n) is 2.78. The fraction of sp³-hybridized carbons (Fsp3) is 0.143. The molecule has 8 heteroatoms. The number of hydrogen-bond acceptors (Lipinski definition) is 6. The van der Waals surface area contributed by atoms with E-state index in [-0.39, 0.29) is 23.6 Å². The lowest BCUT2D eigenvalue weighted by Gasteiger charge is -2.10. The number of carbonyl (C=O) groups is 1. The number of nitriles is 1. The van der Waals surface area contributed by atoms with E-state index in [9.17, 15) is 9.59 Å². The fourth-order valence-electron chi connectivity index (χ4n) is 1.75. The lowest BCUT2D eigenvalue weighted by Crippen LogP contribution is -2.29. The van der Waals surface area contributed by atoms with Crippen LogP contribution in [0.5, 0.6) is 0 Å². The molecule has 0 fully saturated rings. The number of nitrogens with zero attached hydrogens (tertiary/aromatic N) is 3. The molecule has 1 aromatic carbocycles. The zero-order valence-electron chi connectivity index (χ0n) is 11.5. The van der Waals surface area contributed by atoms with Gasteiger partial charge in [-0.2, -0.15) is 15.0 Å². The van der Waals surface area contributed by atoms with Crippen molar-refractivity contribution in [1.82, 2.24) is 9.78 Å². The summed E-state index contributed by atoms with van der Waals surface area (Å²) in [4.78, 5) is 24.1. The standard InChI is InChI=1S/C14H11ClN4O3/c1-2-22-14(21)12-11(17)10(7-16)13(20)19(18-12)9-5-3-8(15)4-6-9/h3-6H,2,17H2,1H3. The molecule has 0 bridgehead atoms. The first kappa shape index (κ1) is 15.5. The molecule has 0 spiro atoms. The lowest BCUT2D eigenvalue weighted by molar-refractivity contribution is 0.0518. The van der Waals surface area contributed by atoms with Crippen LogP contribution in [0.1, 0.15) is 23.0 Å². The second kappa shape index (κ2) is 6.28. The predicted octanol–water partition coefficient (Wildman–Crippen LogP) is 1.52. The number of aromatic nitrogens is 2. The van der Waals surface area contributed by atoms with E-state index >= 15 is 0 Å². The minimum atomic E-state index is -0.806. The van der Waals surface area contributed by atoms with Gasteiger partial charge in [0.15, 0.2) is 5.69 Å². The molecular weight excluding hydrogens is 308 g/mol. The van der Waals surface area contributed by atoms with Crippen molar-refractivity contribution >= 4 is 23.3 Å². The Labute approximate surface area is 130 Å². The van der Waals surface area contributed by atoms with Crippen LogP contribution in [0.2, 0.25) is 5.02 Å². The van der Waals surface area contributed by atoms with E-state index in [0.717, 1.165) is 4.68 Å². The van der Waals surface area contributed by atoms with Crippen molar-refractivity contribution in [1.29, 1.82) is 5.26 Å². The maximum absolute atomic E-state index is 12.3. The molecular formula is C14H11ClN4O3. The van der Waals surface area contributed by atoms with Crippen LogP contribution in [0.15, 0.2) is 29.1 Å². The van der Waals surface area contributed by atoms with E-state index in [4.69, 9.17) is 27.3 Å². The van der Waals surface area contributed by atoms with Crippen molar-refractivity contribution < 1.29 is 9.53 Å². The van der Waals surface area contributed by atoms with Crippen LogP contribution in [0, 0.1) is 11.3 Å².